The number of aryl methyl sites for hydroxylation is 1. The standard InChI is InChI=1S/C15H16N4O5/c1-9(8-18-10(2)7-13(17-18)19(23)24)14(20)16-12-5-3-11(4-6-12)15(21)22/h3-7,9H,8H2,1-2H3,(H,16,20)(H,21,22)/t9-/m0/s1. The van der Waals surface area contributed by atoms with Crippen molar-refractivity contribution in [3.63, 3.8) is 0 Å². The zero-order valence-corrected chi connectivity index (χ0v) is 13.1. The summed E-state index contributed by atoms with van der Waals surface area (Å²) in [6.45, 7) is 3.54. The number of nitrogens with zero attached hydrogens (tertiary/aromatic N) is 3. The molecule has 0 saturated carbocycles. The van der Waals surface area contributed by atoms with Crippen LogP contribution in [0.25, 0.3) is 0 Å². The lowest BCUT2D eigenvalue weighted by Gasteiger charge is -2.11. The molecule has 0 aliphatic heterocycles. The summed E-state index contributed by atoms with van der Waals surface area (Å²) in [4.78, 5) is 33.1. The van der Waals surface area contributed by atoms with Gasteiger partial charge in [0.1, 0.15) is 0 Å². The van der Waals surface area contributed by atoms with Crippen LogP contribution in [0.15, 0.2) is 30.3 Å². The highest BCUT2D eigenvalue weighted by Crippen LogP contribution is 2.15. The third-order valence-electron chi connectivity index (χ3n) is 3.45. The highest BCUT2D eigenvalue weighted by Gasteiger charge is 2.20. The van der Waals surface area contributed by atoms with E-state index < -0.39 is 16.8 Å². The molecule has 0 spiro atoms. The Bertz CT molecular complexity index is 782. The van der Waals surface area contributed by atoms with E-state index in [1.807, 2.05) is 0 Å². The molecule has 9 nitrogen and oxygen atoms in total. The van der Waals surface area contributed by atoms with Crippen LogP contribution in [0.2, 0.25) is 0 Å². The molecule has 2 N–H and O–H groups in total. The number of benzene rings is 1. The summed E-state index contributed by atoms with van der Waals surface area (Å²) in [5.41, 5.74) is 1.19. The average molecular weight is 332 g/mol. The number of carboxylic acids is 1. The number of aromatic nitrogens is 2. The number of rotatable bonds is 6. The quantitative estimate of drug-likeness (QED) is 0.615. The first-order valence-corrected chi connectivity index (χ1v) is 7.11. The van der Waals surface area contributed by atoms with E-state index in [1.54, 1.807) is 13.8 Å². The molecular weight excluding hydrogens is 316 g/mol. The Balaban J connectivity index is 2.01. The minimum Gasteiger partial charge on any atom is -0.478 e. The van der Waals surface area contributed by atoms with E-state index in [9.17, 15) is 19.7 Å². The first kappa shape index (κ1) is 17.1. The first-order chi connectivity index (χ1) is 11.3. The van der Waals surface area contributed by atoms with Crippen molar-refractivity contribution in [2.24, 2.45) is 5.92 Å². The minimum absolute atomic E-state index is 0.125. The number of carbonyl (C=O) groups is 2. The fourth-order valence-electron chi connectivity index (χ4n) is 2.07. The predicted octanol–water partition coefficient (Wildman–Crippen LogP) is 2.07. The average Bonchev–Trinajstić information content (AvgIpc) is 2.89. The molecule has 0 unspecified atom stereocenters. The van der Waals surface area contributed by atoms with Crippen molar-refractivity contribution in [1.82, 2.24) is 9.78 Å². The van der Waals surface area contributed by atoms with E-state index in [0.29, 0.717) is 11.4 Å². The van der Waals surface area contributed by atoms with Crippen LogP contribution in [0.3, 0.4) is 0 Å². The van der Waals surface area contributed by atoms with Crippen molar-refractivity contribution in [2.45, 2.75) is 20.4 Å². The number of nitrogens with one attached hydrogen (secondary N) is 1. The Hall–Kier alpha value is -3.23. The van der Waals surface area contributed by atoms with Crippen LogP contribution in [0.4, 0.5) is 11.5 Å². The highest BCUT2D eigenvalue weighted by molar-refractivity contribution is 5.93. The van der Waals surface area contributed by atoms with Crippen molar-refractivity contribution >= 4 is 23.4 Å². The molecule has 1 aromatic carbocycles. The van der Waals surface area contributed by atoms with Crippen LogP contribution < -0.4 is 5.32 Å². The lowest BCUT2D eigenvalue weighted by molar-refractivity contribution is -0.389. The molecule has 0 saturated heterocycles. The zero-order valence-electron chi connectivity index (χ0n) is 13.1. The molecule has 1 aromatic heterocycles. The van der Waals surface area contributed by atoms with Gasteiger partial charge in [0.15, 0.2) is 0 Å². The third-order valence-corrected chi connectivity index (χ3v) is 3.45. The first-order valence-electron chi connectivity index (χ1n) is 7.11. The summed E-state index contributed by atoms with van der Waals surface area (Å²) in [6.07, 6.45) is 0. The topological polar surface area (TPSA) is 127 Å². The van der Waals surface area contributed by atoms with Gasteiger partial charge in [-0.1, -0.05) is 6.92 Å². The van der Waals surface area contributed by atoms with Gasteiger partial charge in [-0.15, -0.1) is 0 Å². The molecule has 1 atom stereocenters. The second-order valence-corrected chi connectivity index (χ2v) is 5.36. The van der Waals surface area contributed by atoms with Crippen molar-refractivity contribution in [1.29, 1.82) is 0 Å². The Morgan fingerprint density at radius 3 is 2.50 bits per heavy atom. The van der Waals surface area contributed by atoms with Crippen LogP contribution in [-0.4, -0.2) is 31.7 Å². The molecule has 2 aromatic rings. The van der Waals surface area contributed by atoms with Crippen molar-refractivity contribution in [3.8, 4) is 0 Å². The fourth-order valence-corrected chi connectivity index (χ4v) is 2.07. The van der Waals surface area contributed by atoms with Crippen molar-refractivity contribution < 1.29 is 19.6 Å². The SMILES string of the molecule is Cc1cc([N+](=O)[O-])nn1C[C@H](C)C(=O)Nc1ccc(C(=O)O)cc1. The van der Waals surface area contributed by atoms with Crippen LogP contribution in [0, 0.1) is 23.0 Å². The minimum atomic E-state index is -1.04. The van der Waals surface area contributed by atoms with E-state index in [1.165, 1.54) is 35.0 Å². The van der Waals surface area contributed by atoms with E-state index in [2.05, 4.69) is 10.4 Å². The number of nitro groups is 1. The molecule has 0 radical (unpaired) electrons. The van der Waals surface area contributed by atoms with E-state index >= 15 is 0 Å². The Kier molecular flexibility index (Phi) is 4.93. The largest absolute Gasteiger partial charge is 0.478 e. The van der Waals surface area contributed by atoms with Gasteiger partial charge in [-0.25, -0.2) is 4.79 Å². The van der Waals surface area contributed by atoms with Crippen molar-refractivity contribution in [3.05, 3.63) is 51.7 Å². The summed E-state index contributed by atoms with van der Waals surface area (Å²) in [5, 5.41) is 26.1. The lowest BCUT2D eigenvalue weighted by atomic mass is 10.1. The fraction of sp³-hybridized carbons (Fsp3) is 0.267. The van der Waals surface area contributed by atoms with Crippen LogP contribution in [0.5, 0.6) is 0 Å². The normalized spacial score (nSPS) is 11.8. The zero-order chi connectivity index (χ0) is 17.9. The monoisotopic (exact) mass is 332 g/mol. The molecule has 1 heterocycles. The molecule has 0 aliphatic rings. The third kappa shape index (κ3) is 3.94. The van der Waals surface area contributed by atoms with Gasteiger partial charge < -0.3 is 20.5 Å². The van der Waals surface area contributed by atoms with E-state index in [4.69, 9.17) is 5.11 Å². The molecule has 0 fully saturated rings. The number of amides is 1. The van der Waals surface area contributed by atoms with Gasteiger partial charge in [-0.3, -0.25) is 4.79 Å². The number of hydrogen-bond acceptors (Lipinski definition) is 5. The number of aromatic carboxylic acids is 1. The Labute approximate surface area is 137 Å². The summed E-state index contributed by atoms with van der Waals surface area (Å²) in [7, 11) is 0. The lowest BCUT2D eigenvalue weighted by Crippen LogP contribution is -2.25. The second-order valence-electron chi connectivity index (χ2n) is 5.36. The van der Waals surface area contributed by atoms with Crippen LogP contribution >= 0.6 is 0 Å². The highest BCUT2D eigenvalue weighted by atomic mass is 16.6. The maximum Gasteiger partial charge on any atom is 0.390 e. The van der Waals surface area contributed by atoms with Gasteiger partial charge in [0.2, 0.25) is 5.91 Å². The maximum absolute atomic E-state index is 12.2. The molecule has 24 heavy (non-hydrogen) atoms. The molecular formula is C15H16N4O5. The van der Waals surface area contributed by atoms with Crippen molar-refractivity contribution in [2.75, 3.05) is 5.32 Å². The van der Waals surface area contributed by atoms with Gasteiger partial charge in [0.05, 0.1) is 34.9 Å². The smallest absolute Gasteiger partial charge is 0.390 e. The molecule has 126 valence electrons. The van der Waals surface area contributed by atoms with Gasteiger partial charge in [-0.05, 0) is 36.1 Å². The van der Waals surface area contributed by atoms with Crippen LogP contribution in [0.1, 0.15) is 23.0 Å². The Morgan fingerprint density at radius 1 is 1.38 bits per heavy atom. The van der Waals surface area contributed by atoms with E-state index in [-0.39, 0.29) is 23.8 Å². The molecule has 0 aliphatic carbocycles. The molecule has 0 bridgehead atoms. The molecule has 1 amide bonds. The molecule has 2 rings (SSSR count). The second kappa shape index (κ2) is 6.90. The summed E-state index contributed by atoms with van der Waals surface area (Å²) in [6, 6.07) is 7.12. The maximum atomic E-state index is 12.2. The summed E-state index contributed by atoms with van der Waals surface area (Å²) >= 11 is 0. The summed E-state index contributed by atoms with van der Waals surface area (Å²) in [5.74, 6) is -2.08. The predicted molar refractivity (Wildman–Crippen MR) is 84.8 cm³/mol. The number of anilines is 1. The van der Waals surface area contributed by atoms with E-state index in [0.717, 1.165) is 0 Å². The van der Waals surface area contributed by atoms with Gasteiger partial charge in [-0.2, -0.15) is 4.68 Å². The molecule has 9 heteroatoms. The Morgan fingerprint density at radius 2 is 2.00 bits per heavy atom. The van der Waals surface area contributed by atoms with Gasteiger partial charge in [0, 0.05) is 5.69 Å². The van der Waals surface area contributed by atoms with Gasteiger partial charge >= 0.3 is 11.8 Å². The van der Waals surface area contributed by atoms with Crippen LogP contribution in [-0.2, 0) is 11.3 Å². The number of carboxylic acid groups (broad SMARTS) is 1. The van der Waals surface area contributed by atoms with Gasteiger partial charge in [0.25, 0.3) is 0 Å². The number of hydrogen-bond donors (Lipinski definition) is 2. The number of carbonyl (C=O) groups excluding carboxylic acids is 1. The summed E-state index contributed by atoms with van der Waals surface area (Å²) < 4.78 is 1.41.